The Bertz CT molecular complexity index is 498. The quantitative estimate of drug-likeness (QED) is 0.219. The van der Waals surface area contributed by atoms with Gasteiger partial charge in [0.1, 0.15) is 18.3 Å². The Morgan fingerprint density at radius 2 is 1.85 bits per heavy atom. The van der Waals surface area contributed by atoms with Crippen molar-refractivity contribution in [2.75, 3.05) is 13.6 Å². The van der Waals surface area contributed by atoms with Crippen LogP contribution in [0.4, 0.5) is 0 Å². The Morgan fingerprint density at radius 3 is 2.41 bits per heavy atom. The molecule has 11 nitrogen and oxygen atoms in total. The highest BCUT2D eigenvalue weighted by Gasteiger charge is 2.51. The molecule has 2 aliphatic rings. The number of carbonyl (C=O) groups excluding carboxylic acids is 1. The number of hydrogen-bond acceptors (Lipinski definition) is 10. The number of hydrogen-bond donors (Lipinski definition) is 8. The molecule has 10 unspecified atom stereocenters. The molecule has 1 heterocycles. The van der Waals surface area contributed by atoms with Crippen molar-refractivity contribution in [1.82, 2.24) is 10.6 Å². The predicted molar refractivity (Wildman–Crippen MR) is 96.2 cm³/mol. The molecule has 27 heavy (non-hydrogen) atoms. The first-order chi connectivity index (χ1) is 12.7. The van der Waals surface area contributed by atoms with Gasteiger partial charge in [-0.05, 0) is 26.8 Å². The van der Waals surface area contributed by atoms with Crippen molar-refractivity contribution in [2.24, 2.45) is 17.2 Å². The fraction of sp³-hybridized carbons (Fsp3) is 0.938. The lowest BCUT2D eigenvalue weighted by Gasteiger charge is -2.48. The van der Waals surface area contributed by atoms with Gasteiger partial charge in [-0.2, -0.15) is 0 Å². The van der Waals surface area contributed by atoms with Crippen molar-refractivity contribution < 1.29 is 29.6 Å². The van der Waals surface area contributed by atoms with Crippen LogP contribution in [0.1, 0.15) is 19.8 Å². The maximum Gasteiger partial charge on any atom is 0.234 e. The molecule has 0 bridgehead atoms. The zero-order chi connectivity index (χ0) is 20.3. The number of nitrogens with one attached hydrogen (secondary N) is 2. The molecule has 11 heteroatoms. The number of ether oxygens (including phenoxy) is 2. The Morgan fingerprint density at radius 1 is 1.22 bits per heavy atom. The molecule has 1 saturated heterocycles. The first kappa shape index (κ1) is 22.4. The van der Waals surface area contributed by atoms with Crippen LogP contribution >= 0.6 is 0 Å². The summed E-state index contributed by atoms with van der Waals surface area (Å²) in [7, 11) is 1.54. The minimum Gasteiger partial charge on any atom is -0.389 e. The summed E-state index contributed by atoms with van der Waals surface area (Å²) >= 11 is 0. The van der Waals surface area contributed by atoms with Gasteiger partial charge in [0.2, 0.25) is 5.91 Å². The molecule has 10 atom stereocenters. The maximum absolute atomic E-state index is 11.8. The predicted octanol–water partition coefficient (Wildman–Crippen LogP) is -4.32. The van der Waals surface area contributed by atoms with Crippen molar-refractivity contribution in [2.45, 2.75) is 80.7 Å². The van der Waals surface area contributed by atoms with E-state index in [2.05, 4.69) is 10.6 Å². The smallest absolute Gasteiger partial charge is 0.234 e. The van der Waals surface area contributed by atoms with E-state index in [1.807, 2.05) is 6.92 Å². The standard InChI is InChI=1S/C16H33N5O6/c1-6(18)8-4-3-7(19)16(26-8)27-15-11(21-9(22)5-17)13(24)12(23)10(20-2)14(15)25/h6-8,10-16,20,23-25H,3-5,17-19H2,1-2H3,(H,21,22). The van der Waals surface area contributed by atoms with Gasteiger partial charge in [0.15, 0.2) is 6.29 Å². The molecule has 0 spiro atoms. The number of amides is 1. The molecule has 11 N–H and O–H groups in total. The molecule has 0 radical (unpaired) electrons. The van der Waals surface area contributed by atoms with E-state index in [1.54, 1.807) is 0 Å². The van der Waals surface area contributed by atoms with E-state index in [4.69, 9.17) is 26.7 Å². The van der Waals surface area contributed by atoms with Crippen LogP contribution in [0.15, 0.2) is 0 Å². The van der Waals surface area contributed by atoms with Crippen LogP contribution in [0.3, 0.4) is 0 Å². The van der Waals surface area contributed by atoms with Gasteiger partial charge in [0.25, 0.3) is 0 Å². The third kappa shape index (κ3) is 4.94. The van der Waals surface area contributed by atoms with Crippen molar-refractivity contribution in [3.05, 3.63) is 0 Å². The highest BCUT2D eigenvalue weighted by molar-refractivity contribution is 5.78. The maximum atomic E-state index is 11.8. The number of aliphatic hydroxyl groups is 3. The fourth-order valence-electron chi connectivity index (χ4n) is 3.67. The number of nitrogens with two attached hydrogens (primary N) is 3. The summed E-state index contributed by atoms with van der Waals surface area (Å²) in [6.45, 7) is 1.50. The van der Waals surface area contributed by atoms with E-state index in [0.29, 0.717) is 12.8 Å². The van der Waals surface area contributed by atoms with E-state index in [9.17, 15) is 20.1 Å². The van der Waals surface area contributed by atoms with Gasteiger partial charge in [0, 0.05) is 6.04 Å². The summed E-state index contributed by atoms with van der Waals surface area (Å²) in [6, 6.07) is -2.66. The Hall–Kier alpha value is -0.890. The molecule has 2 fully saturated rings. The Balaban J connectivity index is 2.22. The molecular weight excluding hydrogens is 358 g/mol. The van der Waals surface area contributed by atoms with Crippen LogP contribution in [0.2, 0.25) is 0 Å². The number of likely N-dealkylation sites (N-methyl/N-ethyl adjacent to an activating group) is 1. The summed E-state index contributed by atoms with van der Waals surface area (Å²) in [5.74, 6) is -0.558. The number of aliphatic hydroxyl groups excluding tert-OH is 3. The zero-order valence-electron chi connectivity index (χ0n) is 15.7. The fourth-order valence-corrected chi connectivity index (χ4v) is 3.67. The first-order valence-corrected chi connectivity index (χ1v) is 9.24. The van der Waals surface area contributed by atoms with Crippen molar-refractivity contribution >= 4 is 5.91 Å². The highest BCUT2D eigenvalue weighted by Crippen LogP contribution is 2.28. The lowest BCUT2D eigenvalue weighted by molar-refractivity contribution is -0.263. The second-order valence-electron chi connectivity index (χ2n) is 7.33. The second kappa shape index (κ2) is 9.54. The van der Waals surface area contributed by atoms with Crippen molar-refractivity contribution in [3.63, 3.8) is 0 Å². The normalized spacial score (nSPS) is 43.9. The molecule has 158 valence electrons. The van der Waals surface area contributed by atoms with Crippen LogP contribution in [0, 0.1) is 0 Å². The van der Waals surface area contributed by atoms with Gasteiger partial charge in [0.05, 0.1) is 36.9 Å². The van der Waals surface area contributed by atoms with Crippen LogP contribution < -0.4 is 27.8 Å². The zero-order valence-corrected chi connectivity index (χ0v) is 15.7. The number of rotatable bonds is 6. The van der Waals surface area contributed by atoms with Crippen molar-refractivity contribution in [3.8, 4) is 0 Å². The summed E-state index contributed by atoms with van der Waals surface area (Å²) in [5, 5.41) is 36.7. The average Bonchev–Trinajstić information content (AvgIpc) is 2.64. The Labute approximate surface area is 158 Å². The summed E-state index contributed by atoms with van der Waals surface area (Å²) in [6.07, 6.45) is -4.90. The van der Waals surface area contributed by atoms with Gasteiger partial charge in [-0.1, -0.05) is 0 Å². The molecular formula is C16H33N5O6. The Kier molecular flexibility index (Phi) is 7.92. The molecule has 0 aromatic rings. The molecule has 1 saturated carbocycles. The van der Waals surface area contributed by atoms with Crippen LogP contribution in [-0.4, -0.2) is 95.8 Å². The second-order valence-corrected chi connectivity index (χ2v) is 7.33. The summed E-state index contributed by atoms with van der Waals surface area (Å²) in [5.41, 5.74) is 17.3. The number of carbonyl (C=O) groups is 1. The van der Waals surface area contributed by atoms with Crippen LogP contribution in [0.5, 0.6) is 0 Å². The minimum atomic E-state index is -1.39. The first-order valence-electron chi connectivity index (χ1n) is 9.24. The topological polar surface area (TPSA) is 198 Å². The van der Waals surface area contributed by atoms with E-state index >= 15 is 0 Å². The third-order valence-corrected chi connectivity index (χ3v) is 5.31. The minimum absolute atomic E-state index is 0.231. The molecule has 1 amide bonds. The van der Waals surface area contributed by atoms with Crippen LogP contribution in [-0.2, 0) is 14.3 Å². The van der Waals surface area contributed by atoms with Gasteiger partial charge in [-0.3, -0.25) is 4.79 Å². The molecule has 1 aliphatic carbocycles. The molecule has 0 aromatic heterocycles. The molecule has 2 rings (SSSR count). The van der Waals surface area contributed by atoms with Gasteiger partial charge in [-0.25, -0.2) is 0 Å². The van der Waals surface area contributed by atoms with Crippen molar-refractivity contribution in [1.29, 1.82) is 0 Å². The lowest BCUT2D eigenvalue weighted by atomic mass is 9.81. The van der Waals surface area contributed by atoms with Gasteiger partial charge >= 0.3 is 0 Å². The third-order valence-electron chi connectivity index (χ3n) is 5.31. The average molecular weight is 391 g/mol. The van der Waals surface area contributed by atoms with E-state index in [-0.39, 0.29) is 18.7 Å². The summed E-state index contributed by atoms with van der Waals surface area (Å²) < 4.78 is 11.8. The monoisotopic (exact) mass is 391 g/mol. The molecule has 1 aliphatic heterocycles. The van der Waals surface area contributed by atoms with E-state index < -0.39 is 54.7 Å². The lowest BCUT2D eigenvalue weighted by Crippen LogP contribution is -2.72. The molecule has 0 aromatic carbocycles. The van der Waals surface area contributed by atoms with E-state index in [1.165, 1.54) is 7.05 Å². The SMILES string of the molecule is CNC1C(O)C(O)C(NC(=O)CN)C(OC2OC(C(C)N)CCC2N)C1O. The highest BCUT2D eigenvalue weighted by atomic mass is 16.7. The largest absolute Gasteiger partial charge is 0.389 e. The summed E-state index contributed by atoms with van der Waals surface area (Å²) in [4.78, 5) is 11.8. The van der Waals surface area contributed by atoms with E-state index in [0.717, 1.165) is 0 Å². The van der Waals surface area contributed by atoms with Crippen LogP contribution in [0.25, 0.3) is 0 Å². The van der Waals surface area contributed by atoms with Gasteiger partial charge in [-0.15, -0.1) is 0 Å². The van der Waals surface area contributed by atoms with Gasteiger partial charge < -0.3 is 52.6 Å².